The molecular weight excluding hydrogens is 460 g/mol. The van der Waals surface area contributed by atoms with Crippen molar-refractivity contribution >= 4 is 49.7 Å². The Morgan fingerprint density at radius 3 is 2.58 bits per heavy atom. The van der Waals surface area contributed by atoms with Crippen molar-refractivity contribution in [3.05, 3.63) is 83.8 Å². The quantitative estimate of drug-likeness (QED) is 0.457. The summed E-state index contributed by atoms with van der Waals surface area (Å²) in [5.74, 6) is -0.165. The standard InChI is InChI=1S/C24H19ClN4O3S/c25-22-7-4-18(14-20(22)23-21-15-26-10-8-16(21)9-11-27-23)28-24(30)17-2-5-19(6-3-17)29-12-1-13-33(29,31)32/h2-11,14-15H,1,12-13H2,(H,28,30). The van der Waals surface area contributed by atoms with Gasteiger partial charge in [0.05, 0.1) is 22.2 Å². The van der Waals surface area contributed by atoms with E-state index in [0.717, 1.165) is 10.8 Å². The highest BCUT2D eigenvalue weighted by Crippen LogP contribution is 2.33. The minimum absolute atomic E-state index is 0.149. The fourth-order valence-electron chi connectivity index (χ4n) is 3.92. The number of sulfonamides is 1. The molecule has 33 heavy (non-hydrogen) atoms. The summed E-state index contributed by atoms with van der Waals surface area (Å²) in [5.41, 5.74) is 2.90. The van der Waals surface area contributed by atoms with Gasteiger partial charge < -0.3 is 5.32 Å². The van der Waals surface area contributed by atoms with E-state index in [9.17, 15) is 13.2 Å². The van der Waals surface area contributed by atoms with Crippen molar-refractivity contribution < 1.29 is 13.2 Å². The van der Waals surface area contributed by atoms with Gasteiger partial charge in [0.2, 0.25) is 10.0 Å². The van der Waals surface area contributed by atoms with Gasteiger partial charge in [-0.05, 0) is 66.4 Å². The molecular formula is C24H19ClN4O3S. The average molecular weight is 479 g/mol. The van der Waals surface area contributed by atoms with Crippen molar-refractivity contribution in [3.8, 4) is 11.3 Å². The lowest BCUT2D eigenvalue weighted by molar-refractivity contribution is 0.102. The van der Waals surface area contributed by atoms with Crippen LogP contribution in [0, 0.1) is 0 Å². The number of aromatic nitrogens is 2. The maximum Gasteiger partial charge on any atom is 0.255 e. The average Bonchev–Trinajstić information content (AvgIpc) is 3.19. The van der Waals surface area contributed by atoms with Crippen LogP contribution < -0.4 is 9.62 Å². The molecule has 9 heteroatoms. The van der Waals surface area contributed by atoms with E-state index in [1.54, 1.807) is 61.1 Å². The molecule has 5 rings (SSSR count). The largest absolute Gasteiger partial charge is 0.322 e. The third kappa shape index (κ3) is 4.15. The summed E-state index contributed by atoms with van der Waals surface area (Å²) >= 11 is 6.46. The van der Waals surface area contributed by atoms with Gasteiger partial charge in [-0.3, -0.25) is 19.1 Å². The Morgan fingerprint density at radius 1 is 1.03 bits per heavy atom. The van der Waals surface area contributed by atoms with E-state index >= 15 is 0 Å². The number of benzene rings is 2. The molecule has 4 aromatic rings. The first-order chi connectivity index (χ1) is 15.9. The SMILES string of the molecule is O=C(Nc1ccc(Cl)c(-c2nccc3ccncc23)c1)c1ccc(N2CCCS2(=O)=O)cc1. The summed E-state index contributed by atoms with van der Waals surface area (Å²) < 4.78 is 25.6. The monoisotopic (exact) mass is 478 g/mol. The van der Waals surface area contributed by atoms with E-state index in [0.29, 0.717) is 46.2 Å². The zero-order valence-electron chi connectivity index (χ0n) is 17.4. The number of carbonyl (C=O) groups is 1. The molecule has 0 bridgehead atoms. The Bertz CT molecular complexity index is 1470. The Hall–Kier alpha value is -3.49. The van der Waals surface area contributed by atoms with E-state index in [1.807, 2.05) is 12.1 Å². The van der Waals surface area contributed by atoms with Crippen molar-refractivity contribution in [1.29, 1.82) is 0 Å². The summed E-state index contributed by atoms with van der Waals surface area (Å²) in [6.07, 6.45) is 5.77. The Morgan fingerprint density at radius 2 is 1.82 bits per heavy atom. The maximum absolute atomic E-state index is 12.8. The number of nitrogens with zero attached hydrogens (tertiary/aromatic N) is 3. The van der Waals surface area contributed by atoms with E-state index in [1.165, 1.54) is 4.31 Å². The molecule has 166 valence electrons. The summed E-state index contributed by atoms with van der Waals surface area (Å²) in [7, 11) is -3.26. The molecule has 3 heterocycles. The summed E-state index contributed by atoms with van der Waals surface area (Å²) in [6, 6.07) is 15.5. The van der Waals surface area contributed by atoms with Crippen LogP contribution in [-0.4, -0.2) is 36.6 Å². The number of amides is 1. The topological polar surface area (TPSA) is 92.3 Å². The number of anilines is 2. The fourth-order valence-corrected chi connectivity index (χ4v) is 5.69. The van der Waals surface area contributed by atoms with Crippen molar-refractivity contribution in [2.24, 2.45) is 0 Å². The van der Waals surface area contributed by atoms with Gasteiger partial charge in [-0.1, -0.05) is 11.6 Å². The van der Waals surface area contributed by atoms with Crippen molar-refractivity contribution in [2.45, 2.75) is 6.42 Å². The molecule has 0 unspecified atom stereocenters. The predicted octanol–water partition coefficient (Wildman–Crippen LogP) is 4.74. The van der Waals surface area contributed by atoms with E-state index in [2.05, 4.69) is 15.3 Å². The van der Waals surface area contributed by atoms with Crippen LogP contribution in [0.15, 0.2) is 73.2 Å². The van der Waals surface area contributed by atoms with Crippen LogP contribution in [0.4, 0.5) is 11.4 Å². The molecule has 0 radical (unpaired) electrons. The lowest BCUT2D eigenvalue weighted by Crippen LogP contribution is -2.25. The Balaban J connectivity index is 1.40. The molecule has 1 amide bonds. The molecule has 0 spiro atoms. The number of rotatable bonds is 4. The van der Waals surface area contributed by atoms with Crippen LogP contribution in [0.2, 0.25) is 5.02 Å². The second kappa shape index (κ2) is 8.46. The normalized spacial score (nSPS) is 15.0. The molecule has 0 aliphatic carbocycles. The number of hydrogen-bond donors (Lipinski definition) is 1. The first-order valence-corrected chi connectivity index (χ1v) is 12.3. The maximum atomic E-state index is 12.8. The van der Waals surface area contributed by atoms with E-state index < -0.39 is 10.0 Å². The van der Waals surface area contributed by atoms with Crippen LogP contribution in [0.5, 0.6) is 0 Å². The van der Waals surface area contributed by atoms with E-state index in [-0.39, 0.29) is 11.7 Å². The third-order valence-electron chi connectivity index (χ3n) is 5.56. The van der Waals surface area contributed by atoms with Crippen molar-refractivity contribution in [2.75, 3.05) is 21.9 Å². The predicted molar refractivity (Wildman–Crippen MR) is 130 cm³/mol. The van der Waals surface area contributed by atoms with Gasteiger partial charge in [0.25, 0.3) is 5.91 Å². The molecule has 7 nitrogen and oxygen atoms in total. The van der Waals surface area contributed by atoms with Crippen molar-refractivity contribution in [3.63, 3.8) is 0 Å². The zero-order valence-corrected chi connectivity index (χ0v) is 19.0. The second-order valence-electron chi connectivity index (χ2n) is 7.69. The number of hydrogen-bond acceptors (Lipinski definition) is 5. The number of fused-ring (bicyclic) bond motifs is 1. The van der Waals surface area contributed by atoms with Crippen LogP contribution in [0.25, 0.3) is 22.0 Å². The van der Waals surface area contributed by atoms with Gasteiger partial charge in [0, 0.05) is 47.3 Å². The molecule has 2 aromatic carbocycles. The Kier molecular flexibility index (Phi) is 5.47. The highest BCUT2D eigenvalue weighted by Gasteiger charge is 2.28. The molecule has 1 aliphatic heterocycles. The van der Waals surface area contributed by atoms with Gasteiger partial charge in [-0.2, -0.15) is 0 Å². The smallest absolute Gasteiger partial charge is 0.255 e. The number of nitrogens with one attached hydrogen (secondary N) is 1. The minimum Gasteiger partial charge on any atom is -0.322 e. The number of pyridine rings is 2. The first-order valence-electron chi connectivity index (χ1n) is 10.3. The number of halogens is 1. The summed E-state index contributed by atoms with van der Waals surface area (Å²) in [4.78, 5) is 21.5. The van der Waals surface area contributed by atoms with Crippen LogP contribution in [-0.2, 0) is 10.0 Å². The highest BCUT2D eigenvalue weighted by molar-refractivity contribution is 7.93. The Labute approximate surface area is 196 Å². The van der Waals surface area contributed by atoms with Gasteiger partial charge in [0.15, 0.2) is 0 Å². The zero-order chi connectivity index (χ0) is 23.0. The minimum atomic E-state index is -3.26. The van der Waals surface area contributed by atoms with Crippen LogP contribution >= 0.6 is 11.6 Å². The van der Waals surface area contributed by atoms with Crippen molar-refractivity contribution in [1.82, 2.24) is 9.97 Å². The van der Waals surface area contributed by atoms with Crippen LogP contribution in [0.3, 0.4) is 0 Å². The van der Waals surface area contributed by atoms with Gasteiger partial charge in [0.1, 0.15) is 0 Å². The second-order valence-corrected chi connectivity index (χ2v) is 10.1. The highest BCUT2D eigenvalue weighted by atomic mass is 35.5. The molecule has 0 atom stereocenters. The number of carbonyl (C=O) groups excluding carboxylic acids is 1. The van der Waals surface area contributed by atoms with E-state index in [4.69, 9.17) is 11.6 Å². The summed E-state index contributed by atoms with van der Waals surface area (Å²) in [5, 5.41) is 5.23. The molecule has 1 N–H and O–H groups in total. The molecule has 2 aromatic heterocycles. The van der Waals surface area contributed by atoms with Gasteiger partial charge in [-0.25, -0.2) is 8.42 Å². The summed E-state index contributed by atoms with van der Waals surface area (Å²) in [6.45, 7) is 0.457. The molecule has 1 saturated heterocycles. The van der Waals surface area contributed by atoms with Crippen LogP contribution in [0.1, 0.15) is 16.8 Å². The lowest BCUT2D eigenvalue weighted by atomic mass is 10.0. The first kappa shape index (κ1) is 21.4. The molecule has 1 aliphatic rings. The third-order valence-corrected chi connectivity index (χ3v) is 7.76. The molecule has 1 fully saturated rings. The van der Waals surface area contributed by atoms with Gasteiger partial charge >= 0.3 is 0 Å². The molecule has 0 saturated carbocycles. The fraction of sp³-hybridized carbons (Fsp3) is 0.125. The lowest BCUT2D eigenvalue weighted by Gasteiger charge is -2.17. The van der Waals surface area contributed by atoms with Gasteiger partial charge in [-0.15, -0.1) is 0 Å².